The summed E-state index contributed by atoms with van der Waals surface area (Å²) >= 11 is -0.146. The van der Waals surface area contributed by atoms with Gasteiger partial charge in [0.25, 0.3) is 0 Å². The van der Waals surface area contributed by atoms with Crippen molar-refractivity contribution in [2.45, 2.75) is 10.4 Å². The first kappa shape index (κ1) is 11.8. The zero-order valence-electron chi connectivity index (χ0n) is 8.45. The van der Waals surface area contributed by atoms with E-state index in [1.54, 1.807) is 12.1 Å². The Kier molecular flexibility index (Phi) is 3.01. The Morgan fingerprint density at radius 3 is 2.29 bits per heavy atom. The molecular formula is C10H8F3N3S. The Morgan fingerprint density at radius 2 is 1.82 bits per heavy atom. The number of thioether (sulfide) groups is 1. The van der Waals surface area contributed by atoms with Crippen molar-refractivity contribution in [3.63, 3.8) is 0 Å². The van der Waals surface area contributed by atoms with Gasteiger partial charge in [-0.25, -0.2) is 0 Å². The third-order valence-electron chi connectivity index (χ3n) is 2.05. The van der Waals surface area contributed by atoms with Gasteiger partial charge in [-0.3, -0.25) is 5.10 Å². The summed E-state index contributed by atoms with van der Waals surface area (Å²) in [5.74, 6) is 0. The first-order chi connectivity index (χ1) is 7.96. The summed E-state index contributed by atoms with van der Waals surface area (Å²) in [7, 11) is 0. The number of aromatic amines is 1. The second-order valence-corrected chi connectivity index (χ2v) is 4.41. The van der Waals surface area contributed by atoms with Gasteiger partial charge in [-0.2, -0.15) is 18.3 Å². The molecule has 1 aromatic heterocycles. The predicted octanol–water partition coefficient (Wildman–Crippen LogP) is 3.27. The molecule has 17 heavy (non-hydrogen) atoms. The second-order valence-electron chi connectivity index (χ2n) is 3.27. The van der Waals surface area contributed by atoms with Crippen molar-refractivity contribution in [2.75, 3.05) is 5.73 Å². The number of nitrogens with two attached hydrogens (primary N) is 1. The van der Waals surface area contributed by atoms with E-state index in [1.165, 1.54) is 18.3 Å². The number of nitrogens with zero attached hydrogens (tertiary/aromatic N) is 1. The number of nitrogens with one attached hydrogen (secondary N) is 1. The van der Waals surface area contributed by atoms with Crippen molar-refractivity contribution in [2.24, 2.45) is 0 Å². The number of nitrogen functional groups attached to an aromatic ring is 1. The van der Waals surface area contributed by atoms with Crippen LogP contribution in [0.3, 0.4) is 0 Å². The van der Waals surface area contributed by atoms with Crippen LogP contribution in [-0.2, 0) is 0 Å². The van der Waals surface area contributed by atoms with Crippen molar-refractivity contribution < 1.29 is 13.2 Å². The molecule has 7 heteroatoms. The molecule has 2 rings (SSSR count). The number of aromatic nitrogens is 2. The lowest BCUT2D eigenvalue weighted by molar-refractivity contribution is -0.0328. The molecule has 0 amide bonds. The van der Waals surface area contributed by atoms with Crippen LogP contribution in [0.2, 0.25) is 0 Å². The lowest BCUT2D eigenvalue weighted by Gasteiger charge is -2.06. The van der Waals surface area contributed by atoms with E-state index in [1.807, 2.05) is 0 Å². The molecule has 0 saturated carbocycles. The Labute approximate surface area is 99.2 Å². The highest BCUT2D eigenvalue weighted by molar-refractivity contribution is 8.00. The van der Waals surface area contributed by atoms with Gasteiger partial charge in [0.2, 0.25) is 0 Å². The number of hydrogen-bond acceptors (Lipinski definition) is 3. The van der Waals surface area contributed by atoms with Gasteiger partial charge in [-0.05, 0) is 23.9 Å². The number of halogens is 3. The predicted molar refractivity (Wildman–Crippen MR) is 60.3 cm³/mol. The lowest BCUT2D eigenvalue weighted by atomic mass is 10.1. The van der Waals surface area contributed by atoms with Gasteiger partial charge >= 0.3 is 5.51 Å². The molecule has 1 aromatic carbocycles. The SMILES string of the molecule is Nc1cn[nH]c1-c1ccc(SC(F)(F)F)cc1. The fourth-order valence-electron chi connectivity index (χ4n) is 1.35. The highest BCUT2D eigenvalue weighted by Crippen LogP contribution is 2.37. The van der Waals surface area contributed by atoms with Gasteiger partial charge in [-0.1, -0.05) is 12.1 Å². The maximum absolute atomic E-state index is 12.1. The number of anilines is 1. The van der Waals surface area contributed by atoms with E-state index in [4.69, 9.17) is 5.73 Å². The van der Waals surface area contributed by atoms with Crippen molar-refractivity contribution in [3.8, 4) is 11.3 Å². The Balaban J connectivity index is 2.22. The molecule has 0 aliphatic carbocycles. The summed E-state index contributed by atoms with van der Waals surface area (Å²) in [6.07, 6.45) is 1.45. The van der Waals surface area contributed by atoms with Crippen LogP contribution in [0, 0.1) is 0 Å². The fourth-order valence-corrected chi connectivity index (χ4v) is 1.89. The van der Waals surface area contributed by atoms with Crippen LogP contribution in [0.4, 0.5) is 18.9 Å². The van der Waals surface area contributed by atoms with Gasteiger partial charge in [-0.15, -0.1) is 0 Å². The number of rotatable bonds is 2. The molecule has 0 aliphatic rings. The molecule has 3 nitrogen and oxygen atoms in total. The van der Waals surface area contributed by atoms with E-state index in [-0.39, 0.29) is 16.7 Å². The van der Waals surface area contributed by atoms with Crippen LogP contribution in [0.1, 0.15) is 0 Å². The third kappa shape index (κ3) is 2.94. The van der Waals surface area contributed by atoms with Crippen LogP contribution >= 0.6 is 11.8 Å². The van der Waals surface area contributed by atoms with Gasteiger partial charge in [0, 0.05) is 10.5 Å². The summed E-state index contributed by atoms with van der Waals surface area (Å²) in [5, 5.41) is 6.43. The third-order valence-corrected chi connectivity index (χ3v) is 2.78. The van der Waals surface area contributed by atoms with Crippen molar-refractivity contribution >= 4 is 17.4 Å². The maximum Gasteiger partial charge on any atom is 0.446 e. The van der Waals surface area contributed by atoms with E-state index < -0.39 is 5.51 Å². The molecule has 90 valence electrons. The highest BCUT2D eigenvalue weighted by atomic mass is 32.2. The minimum absolute atomic E-state index is 0.138. The average Bonchev–Trinajstić information content (AvgIpc) is 2.63. The Bertz CT molecular complexity index is 504. The van der Waals surface area contributed by atoms with Crippen LogP contribution in [0.25, 0.3) is 11.3 Å². The standard InChI is InChI=1S/C10H8F3N3S/c11-10(12,13)17-7-3-1-6(2-4-7)9-8(14)5-15-16-9/h1-5H,14H2,(H,15,16). The molecule has 0 radical (unpaired) electrons. The number of benzene rings is 1. The fraction of sp³-hybridized carbons (Fsp3) is 0.100. The molecule has 0 bridgehead atoms. The molecule has 0 saturated heterocycles. The van der Waals surface area contributed by atoms with Gasteiger partial charge < -0.3 is 5.73 Å². The number of H-pyrrole nitrogens is 1. The second kappa shape index (κ2) is 4.33. The van der Waals surface area contributed by atoms with E-state index in [9.17, 15) is 13.2 Å². The van der Waals surface area contributed by atoms with Gasteiger partial charge in [0.1, 0.15) is 0 Å². The molecule has 3 N–H and O–H groups in total. The van der Waals surface area contributed by atoms with Crippen LogP contribution in [0.5, 0.6) is 0 Å². The summed E-state index contributed by atoms with van der Waals surface area (Å²) in [5.41, 5.74) is 3.13. The van der Waals surface area contributed by atoms with Crippen molar-refractivity contribution in [3.05, 3.63) is 30.5 Å². The number of hydrogen-bond donors (Lipinski definition) is 2. The van der Waals surface area contributed by atoms with Gasteiger partial charge in [0.05, 0.1) is 17.6 Å². The molecule has 2 aromatic rings. The number of alkyl halides is 3. The Hall–Kier alpha value is -1.63. The van der Waals surface area contributed by atoms with E-state index in [0.29, 0.717) is 16.9 Å². The van der Waals surface area contributed by atoms with Crippen LogP contribution in [-0.4, -0.2) is 15.7 Å². The monoisotopic (exact) mass is 259 g/mol. The van der Waals surface area contributed by atoms with Crippen molar-refractivity contribution in [1.82, 2.24) is 10.2 Å². The van der Waals surface area contributed by atoms with E-state index in [2.05, 4.69) is 10.2 Å². The molecule has 1 heterocycles. The topological polar surface area (TPSA) is 54.7 Å². The zero-order valence-corrected chi connectivity index (χ0v) is 9.27. The Morgan fingerprint density at radius 1 is 1.18 bits per heavy atom. The molecule has 0 atom stereocenters. The van der Waals surface area contributed by atoms with Gasteiger partial charge in [0.15, 0.2) is 0 Å². The average molecular weight is 259 g/mol. The van der Waals surface area contributed by atoms with E-state index >= 15 is 0 Å². The smallest absolute Gasteiger partial charge is 0.396 e. The minimum atomic E-state index is -4.27. The summed E-state index contributed by atoms with van der Waals surface area (Å²) < 4.78 is 36.3. The normalized spacial score (nSPS) is 11.7. The van der Waals surface area contributed by atoms with Crippen molar-refractivity contribution in [1.29, 1.82) is 0 Å². The summed E-state index contributed by atoms with van der Waals surface area (Å²) in [6, 6.07) is 5.93. The molecule has 0 aliphatic heterocycles. The molecular weight excluding hydrogens is 251 g/mol. The first-order valence-electron chi connectivity index (χ1n) is 4.61. The summed E-state index contributed by atoms with van der Waals surface area (Å²) in [6.45, 7) is 0. The summed E-state index contributed by atoms with van der Waals surface area (Å²) in [4.78, 5) is 0.138. The lowest BCUT2D eigenvalue weighted by Crippen LogP contribution is -1.98. The molecule has 0 fully saturated rings. The highest BCUT2D eigenvalue weighted by Gasteiger charge is 2.29. The van der Waals surface area contributed by atoms with E-state index in [0.717, 1.165) is 0 Å². The minimum Gasteiger partial charge on any atom is -0.396 e. The zero-order chi connectivity index (χ0) is 12.5. The molecule has 0 spiro atoms. The molecule has 0 unspecified atom stereocenters. The maximum atomic E-state index is 12.1. The van der Waals surface area contributed by atoms with Crippen LogP contribution < -0.4 is 5.73 Å². The largest absolute Gasteiger partial charge is 0.446 e. The quantitative estimate of drug-likeness (QED) is 0.814. The van der Waals surface area contributed by atoms with Crippen LogP contribution in [0.15, 0.2) is 35.4 Å². The first-order valence-corrected chi connectivity index (χ1v) is 5.42.